The van der Waals surface area contributed by atoms with Crippen molar-refractivity contribution in [3.8, 4) is 0 Å². The Morgan fingerprint density at radius 3 is 2.65 bits per heavy atom. The van der Waals surface area contributed by atoms with Crippen LogP contribution in [0.1, 0.15) is 34.5 Å². The first-order valence-electron chi connectivity index (χ1n) is 10.4. The number of hydrogen-bond acceptors (Lipinski definition) is 5. The number of aliphatic hydroxyl groups is 1. The highest BCUT2D eigenvalue weighted by molar-refractivity contribution is 6.02. The van der Waals surface area contributed by atoms with Crippen molar-refractivity contribution in [3.05, 3.63) is 77.4 Å². The zero-order chi connectivity index (χ0) is 21.8. The lowest BCUT2D eigenvalue weighted by molar-refractivity contribution is -0.0383. The molecule has 7 nitrogen and oxygen atoms in total. The molecule has 162 valence electrons. The van der Waals surface area contributed by atoms with E-state index in [9.17, 15) is 14.3 Å². The van der Waals surface area contributed by atoms with Crippen LogP contribution in [0.2, 0.25) is 0 Å². The fourth-order valence-electron chi connectivity index (χ4n) is 3.77. The number of rotatable bonds is 6. The van der Waals surface area contributed by atoms with E-state index in [1.807, 2.05) is 18.2 Å². The van der Waals surface area contributed by atoms with Crippen LogP contribution >= 0.6 is 0 Å². The van der Waals surface area contributed by atoms with Gasteiger partial charge < -0.3 is 10.4 Å². The number of halogens is 1. The molecule has 0 bridgehead atoms. The zero-order valence-corrected chi connectivity index (χ0v) is 17.5. The van der Waals surface area contributed by atoms with E-state index in [2.05, 4.69) is 32.7 Å². The molecule has 1 amide bonds. The van der Waals surface area contributed by atoms with Crippen LogP contribution in [0.3, 0.4) is 0 Å². The second kappa shape index (κ2) is 8.95. The molecule has 1 saturated heterocycles. The Hall–Kier alpha value is -3.10. The molecule has 31 heavy (non-hydrogen) atoms. The fraction of sp³-hybridized carbons (Fsp3) is 0.348. The molecule has 4 rings (SSSR count). The predicted octanol–water partition coefficient (Wildman–Crippen LogP) is 3.01. The average Bonchev–Trinajstić information content (AvgIpc) is 3.21. The first-order chi connectivity index (χ1) is 14.9. The minimum atomic E-state index is -0.894. The van der Waals surface area contributed by atoms with Gasteiger partial charge in [-0.3, -0.25) is 9.69 Å². The van der Waals surface area contributed by atoms with Gasteiger partial charge in [-0.1, -0.05) is 41.6 Å². The van der Waals surface area contributed by atoms with Crippen LogP contribution < -0.4 is 5.32 Å². The van der Waals surface area contributed by atoms with Gasteiger partial charge in [0.05, 0.1) is 18.3 Å². The van der Waals surface area contributed by atoms with E-state index in [1.54, 1.807) is 19.1 Å². The molecular weight excluding hydrogens is 397 g/mol. The summed E-state index contributed by atoms with van der Waals surface area (Å²) >= 11 is 0. The SMILES string of the molecule is Cc1ccc(NC(=O)c2cn(CC3(O)CCN(Cc4ccccc4)CC3)nn2)cc1F. The van der Waals surface area contributed by atoms with Gasteiger partial charge in [-0.2, -0.15) is 0 Å². The number of carbonyl (C=O) groups is 1. The third kappa shape index (κ3) is 5.34. The van der Waals surface area contributed by atoms with E-state index >= 15 is 0 Å². The summed E-state index contributed by atoms with van der Waals surface area (Å²) in [6, 6.07) is 14.8. The summed E-state index contributed by atoms with van der Waals surface area (Å²) in [5, 5.41) is 21.5. The number of likely N-dealkylation sites (tertiary alicyclic amines) is 1. The molecule has 0 atom stereocenters. The highest BCUT2D eigenvalue weighted by Gasteiger charge is 2.33. The number of piperidine rings is 1. The van der Waals surface area contributed by atoms with Crippen molar-refractivity contribution >= 4 is 11.6 Å². The van der Waals surface area contributed by atoms with Gasteiger partial charge in [-0.15, -0.1) is 5.10 Å². The van der Waals surface area contributed by atoms with E-state index in [4.69, 9.17) is 0 Å². The van der Waals surface area contributed by atoms with Crippen molar-refractivity contribution in [1.29, 1.82) is 0 Å². The molecule has 2 aromatic carbocycles. The van der Waals surface area contributed by atoms with Gasteiger partial charge in [0.25, 0.3) is 5.91 Å². The van der Waals surface area contributed by atoms with Crippen molar-refractivity contribution in [2.45, 2.75) is 38.5 Å². The van der Waals surface area contributed by atoms with Crippen LogP contribution in [0.5, 0.6) is 0 Å². The van der Waals surface area contributed by atoms with Gasteiger partial charge in [0.2, 0.25) is 0 Å². The monoisotopic (exact) mass is 423 g/mol. The standard InChI is InChI=1S/C23H26FN5O2/c1-17-7-8-19(13-20(17)24)25-22(30)21-15-29(27-26-21)16-23(31)9-11-28(12-10-23)14-18-5-3-2-4-6-18/h2-8,13,15,31H,9-12,14,16H2,1H3,(H,25,30). The highest BCUT2D eigenvalue weighted by atomic mass is 19.1. The lowest BCUT2D eigenvalue weighted by Crippen LogP contribution is -2.46. The van der Waals surface area contributed by atoms with Crippen LogP contribution in [0.25, 0.3) is 0 Å². The molecule has 1 aromatic heterocycles. The summed E-state index contributed by atoms with van der Waals surface area (Å²) in [7, 11) is 0. The van der Waals surface area contributed by atoms with Crippen molar-refractivity contribution in [2.24, 2.45) is 0 Å². The van der Waals surface area contributed by atoms with Gasteiger partial charge in [0.15, 0.2) is 5.69 Å². The van der Waals surface area contributed by atoms with E-state index in [1.165, 1.54) is 22.5 Å². The molecule has 1 aliphatic rings. The average molecular weight is 423 g/mol. The Balaban J connectivity index is 1.32. The number of aryl methyl sites for hydroxylation is 1. The lowest BCUT2D eigenvalue weighted by atomic mass is 9.91. The smallest absolute Gasteiger partial charge is 0.277 e. The van der Waals surface area contributed by atoms with Crippen LogP contribution in [0.15, 0.2) is 54.7 Å². The third-order valence-electron chi connectivity index (χ3n) is 5.69. The Labute approximate surface area is 180 Å². The normalized spacial score (nSPS) is 16.2. The minimum Gasteiger partial charge on any atom is -0.388 e. The summed E-state index contributed by atoms with van der Waals surface area (Å²) in [6.07, 6.45) is 2.74. The summed E-state index contributed by atoms with van der Waals surface area (Å²) in [4.78, 5) is 14.7. The number of hydrogen-bond donors (Lipinski definition) is 2. The number of benzene rings is 2. The maximum atomic E-state index is 13.7. The molecule has 0 spiro atoms. The molecule has 2 heterocycles. The molecular formula is C23H26FN5O2. The summed E-state index contributed by atoms with van der Waals surface area (Å²) in [6.45, 7) is 4.36. The molecule has 1 aliphatic heterocycles. The Morgan fingerprint density at radius 1 is 1.19 bits per heavy atom. The fourth-order valence-corrected chi connectivity index (χ4v) is 3.77. The Bertz CT molecular complexity index is 1050. The largest absolute Gasteiger partial charge is 0.388 e. The summed E-state index contributed by atoms with van der Waals surface area (Å²) in [5.41, 5.74) is 1.34. The van der Waals surface area contributed by atoms with Crippen molar-refractivity contribution in [1.82, 2.24) is 19.9 Å². The zero-order valence-electron chi connectivity index (χ0n) is 17.5. The molecule has 0 radical (unpaired) electrons. The van der Waals surface area contributed by atoms with Crippen LogP contribution in [-0.4, -0.2) is 49.6 Å². The van der Waals surface area contributed by atoms with E-state index in [-0.39, 0.29) is 18.1 Å². The summed E-state index contributed by atoms with van der Waals surface area (Å²) in [5.74, 6) is -0.860. The number of nitrogens with one attached hydrogen (secondary N) is 1. The maximum absolute atomic E-state index is 13.7. The number of amides is 1. The highest BCUT2D eigenvalue weighted by Crippen LogP contribution is 2.25. The van der Waals surface area contributed by atoms with E-state index in [0.717, 1.165) is 19.6 Å². The lowest BCUT2D eigenvalue weighted by Gasteiger charge is -2.38. The number of anilines is 1. The maximum Gasteiger partial charge on any atom is 0.277 e. The molecule has 0 unspecified atom stereocenters. The van der Waals surface area contributed by atoms with Gasteiger partial charge in [0, 0.05) is 25.3 Å². The van der Waals surface area contributed by atoms with Gasteiger partial charge in [-0.25, -0.2) is 9.07 Å². The second-order valence-electron chi connectivity index (χ2n) is 8.21. The molecule has 1 fully saturated rings. The summed E-state index contributed by atoms with van der Waals surface area (Å²) < 4.78 is 15.2. The molecule has 3 aromatic rings. The van der Waals surface area contributed by atoms with Crippen LogP contribution in [0, 0.1) is 12.7 Å². The predicted molar refractivity (Wildman–Crippen MR) is 115 cm³/mol. The Morgan fingerprint density at radius 2 is 1.94 bits per heavy atom. The minimum absolute atomic E-state index is 0.117. The van der Waals surface area contributed by atoms with Crippen molar-refractivity contribution in [3.63, 3.8) is 0 Å². The van der Waals surface area contributed by atoms with Crippen molar-refractivity contribution in [2.75, 3.05) is 18.4 Å². The van der Waals surface area contributed by atoms with E-state index in [0.29, 0.717) is 24.1 Å². The number of carbonyl (C=O) groups excluding carboxylic acids is 1. The molecule has 0 aliphatic carbocycles. The molecule has 2 N–H and O–H groups in total. The quantitative estimate of drug-likeness (QED) is 0.637. The topological polar surface area (TPSA) is 83.3 Å². The second-order valence-corrected chi connectivity index (χ2v) is 8.21. The molecule has 8 heteroatoms. The van der Waals surface area contributed by atoms with E-state index < -0.39 is 11.5 Å². The first kappa shape index (κ1) is 21.1. The van der Waals surface area contributed by atoms with Gasteiger partial charge >= 0.3 is 0 Å². The van der Waals surface area contributed by atoms with Crippen LogP contribution in [-0.2, 0) is 13.1 Å². The number of nitrogens with zero attached hydrogens (tertiary/aromatic N) is 4. The molecule has 0 saturated carbocycles. The van der Waals surface area contributed by atoms with Crippen LogP contribution in [0.4, 0.5) is 10.1 Å². The number of aromatic nitrogens is 3. The van der Waals surface area contributed by atoms with Gasteiger partial charge in [0.1, 0.15) is 5.82 Å². The first-order valence-corrected chi connectivity index (χ1v) is 10.4. The third-order valence-corrected chi connectivity index (χ3v) is 5.69. The van der Waals surface area contributed by atoms with Gasteiger partial charge in [-0.05, 0) is 43.0 Å². The van der Waals surface area contributed by atoms with Crippen molar-refractivity contribution < 1.29 is 14.3 Å². The Kier molecular flexibility index (Phi) is 6.11.